The Morgan fingerprint density at radius 2 is 1.66 bits per heavy atom. The van der Waals surface area contributed by atoms with Gasteiger partial charge in [0.15, 0.2) is 0 Å². The summed E-state index contributed by atoms with van der Waals surface area (Å²) in [6, 6.07) is 21.4. The quantitative estimate of drug-likeness (QED) is 0.253. The van der Waals surface area contributed by atoms with Gasteiger partial charge >= 0.3 is 0 Å². The lowest BCUT2D eigenvalue weighted by Gasteiger charge is -2.30. The van der Waals surface area contributed by atoms with Crippen molar-refractivity contribution in [1.29, 1.82) is 0 Å². The number of nitrogens with one attached hydrogen (secondary N) is 2. The Bertz CT molecular complexity index is 1370. The van der Waals surface area contributed by atoms with Gasteiger partial charge in [-0.15, -0.1) is 0 Å². The first-order valence-electron chi connectivity index (χ1n) is 13.1. The maximum Gasteiger partial charge on any atom is 0.225 e. The Morgan fingerprint density at radius 1 is 0.921 bits per heavy atom. The molecular formula is C30H33ClFN5O. The maximum absolute atomic E-state index is 14.1. The minimum absolute atomic E-state index is 0.0890. The third kappa shape index (κ3) is 6.17. The first-order chi connectivity index (χ1) is 18.5. The fourth-order valence-corrected chi connectivity index (χ4v) is 5.17. The number of anilines is 2. The van der Waals surface area contributed by atoms with E-state index in [9.17, 15) is 4.39 Å². The molecule has 0 bridgehead atoms. The largest absolute Gasteiger partial charge is 0.488 e. The summed E-state index contributed by atoms with van der Waals surface area (Å²) < 4.78 is 20.1. The van der Waals surface area contributed by atoms with Crippen molar-refractivity contribution in [3.8, 4) is 5.75 Å². The second kappa shape index (κ2) is 12.0. The second-order valence-corrected chi connectivity index (χ2v) is 10.4. The highest BCUT2D eigenvalue weighted by atomic mass is 35.5. The first-order valence-corrected chi connectivity index (χ1v) is 13.4. The fourth-order valence-electron chi connectivity index (χ4n) is 4.95. The van der Waals surface area contributed by atoms with Crippen molar-refractivity contribution in [2.75, 3.05) is 24.3 Å². The van der Waals surface area contributed by atoms with Crippen molar-refractivity contribution in [2.24, 2.45) is 0 Å². The lowest BCUT2D eigenvalue weighted by atomic mass is 9.91. The summed E-state index contributed by atoms with van der Waals surface area (Å²) in [4.78, 5) is 11.6. The normalized spacial score (nSPS) is 17.4. The number of halogens is 2. The number of nitrogens with zero attached hydrogens (tertiary/aromatic N) is 3. The van der Waals surface area contributed by atoms with E-state index in [1.807, 2.05) is 61.5 Å². The molecule has 5 rings (SSSR count). The zero-order valence-electron chi connectivity index (χ0n) is 21.8. The summed E-state index contributed by atoms with van der Waals surface area (Å²) in [7, 11) is 4.02. The lowest BCUT2D eigenvalue weighted by molar-refractivity contribution is 0.293. The molecule has 3 aromatic carbocycles. The Kier molecular flexibility index (Phi) is 8.25. The van der Waals surface area contributed by atoms with Crippen LogP contribution in [-0.2, 0) is 13.2 Å². The van der Waals surface area contributed by atoms with Crippen LogP contribution in [0.2, 0.25) is 5.02 Å². The SMILES string of the molecule is CN(C)c1nc(NC2CCC(NCc3ccccc3OCc3c(F)cccc3Cl)CC2)nc2ccccc12. The van der Waals surface area contributed by atoms with Gasteiger partial charge in [0.05, 0.1) is 10.5 Å². The number of fused-ring (bicyclic) bond motifs is 1. The number of ether oxygens (including phenoxy) is 1. The second-order valence-electron chi connectivity index (χ2n) is 9.95. The van der Waals surface area contributed by atoms with Crippen LogP contribution in [0.1, 0.15) is 36.8 Å². The molecule has 1 aromatic heterocycles. The van der Waals surface area contributed by atoms with Gasteiger partial charge in [0.1, 0.15) is 24.0 Å². The summed E-state index contributed by atoms with van der Waals surface area (Å²) >= 11 is 6.16. The summed E-state index contributed by atoms with van der Waals surface area (Å²) in [6.45, 7) is 0.773. The average Bonchev–Trinajstić information content (AvgIpc) is 2.92. The molecule has 0 unspecified atom stereocenters. The molecule has 38 heavy (non-hydrogen) atoms. The van der Waals surface area contributed by atoms with E-state index < -0.39 is 0 Å². The maximum atomic E-state index is 14.1. The molecule has 1 saturated carbocycles. The van der Waals surface area contributed by atoms with Gasteiger partial charge in [-0.1, -0.05) is 48.0 Å². The molecule has 1 aliphatic carbocycles. The fraction of sp³-hybridized carbons (Fsp3) is 0.333. The van der Waals surface area contributed by atoms with Gasteiger partial charge in [-0.05, 0) is 56.0 Å². The van der Waals surface area contributed by atoms with Crippen molar-refractivity contribution in [2.45, 2.75) is 50.9 Å². The van der Waals surface area contributed by atoms with Crippen molar-refractivity contribution < 1.29 is 9.13 Å². The van der Waals surface area contributed by atoms with Crippen LogP contribution in [-0.4, -0.2) is 36.1 Å². The number of hydrogen-bond donors (Lipinski definition) is 2. The lowest BCUT2D eigenvalue weighted by Crippen LogP contribution is -2.37. The van der Waals surface area contributed by atoms with Crippen molar-refractivity contribution >= 4 is 34.3 Å². The van der Waals surface area contributed by atoms with Crippen LogP contribution in [0, 0.1) is 5.82 Å². The Morgan fingerprint density at radius 3 is 2.45 bits per heavy atom. The van der Waals surface area contributed by atoms with Gasteiger partial charge in [-0.3, -0.25) is 0 Å². The van der Waals surface area contributed by atoms with E-state index in [1.165, 1.54) is 6.07 Å². The molecule has 6 nitrogen and oxygen atoms in total. The number of benzene rings is 3. The van der Waals surface area contributed by atoms with E-state index in [2.05, 4.69) is 16.7 Å². The van der Waals surface area contributed by atoms with Gasteiger partial charge in [0.2, 0.25) is 5.95 Å². The van der Waals surface area contributed by atoms with Gasteiger partial charge in [0.25, 0.3) is 0 Å². The van der Waals surface area contributed by atoms with Gasteiger partial charge in [0, 0.05) is 49.2 Å². The van der Waals surface area contributed by atoms with Gasteiger partial charge < -0.3 is 20.3 Å². The molecule has 0 radical (unpaired) electrons. The van der Waals surface area contributed by atoms with Crippen LogP contribution in [0.4, 0.5) is 16.2 Å². The highest BCUT2D eigenvalue weighted by Gasteiger charge is 2.22. The van der Waals surface area contributed by atoms with Crippen LogP contribution in [0.15, 0.2) is 66.7 Å². The molecule has 0 spiro atoms. The predicted octanol–water partition coefficient (Wildman–Crippen LogP) is 6.58. The van der Waals surface area contributed by atoms with Crippen LogP contribution in [0.3, 0.4) is 0 Å². The minimum atomic E-state index is -0.356. The minimum Gasteiger partial charge on any atom is -0.488 e. The van der Waals surface area contributed by atoms with E-state index in [-0.39, 0.29) is 12.4 Å². The molecule has 0 atom stereocenters. The molecular weight excluding hydrogens is 501 g/mol. The topological polar surface area (TPSA) is 62.3 Å². The van der Waals surface area contributed by atoms with E-state index in [4.69, 9.17) is 26.3 Å². The monoisotopic (exact) mass is 533 g/mol. The van der Waals surface area contributed by atoms with E-state index >= 15 is 0 Å². The zero-order valence-corrected chi connectivity index (χ0v) is 22.5. The highest BCUT2D eigenvalue weighted by Crippen LogP contribution is 2.28. The molecule has 198 valence electrons. The summed E-state index contributed by atoms with van der Waals surface area (Å²) in [5.74, 6) is 1.99. The molecule has 4 aromatic rings. The van der Waals surface area contributed by atoms with Crippen LogP contribution >= 0.6 is 11.6 Å². The van der Waals surface area contributed by atoms with Crippen LogP contribution in [0.5, 0.6) is 5.75 Å². The summed E-state index contributed by atoms with van der Waals surface area (Å²) in [5, 5.41) is 8.69. The third-order valence-electron chi connectivity index (χ3n) is 7.05. The third-order valence-corrected chi connectivity index (χ3v) is 7.41. The predicted molar refractivity (Wildman–Crippen MR) is 153 cm³/mol. The van der Waals surface area contributed by atoms with Crippen molar-refractivity contribution in [1.82, 2.24) is 15.3 Å². The Hall–Kier alpha value is -3.42. The summed E-state index contributed by atoms with van der Waals surface area (Å²) in [6.07, 6.45) is 4.18. The van der Waals surface area contributed by atoms with E-state index in [0.29, 0.717) is 35.2 Å². The zero-order chi connectivity index (χ0) is 26.5. The molecule has 1 fully saturated rings. The van der Waals surface area contributed by atoms with Crippen LogP contribution < -0.4 is 20.3 Å². The van der Waals surface area contributed by atoms with Gasteiger partial charge in [-0.25, -0.2) is 9.37 Å². The Balaban J connectivity index is 1.15. The molecule has 0 aliphatic heterocycles. The van der Waals surface area contributed by atoms with E-state index in [0.717, 1.165) is 53.7 Å². The van der Waals surface area contributed by atoms with Crippen LogP contribution in [0.25, 0.3) is 10.9 Å². The Labute approximate surface area is 228 Å². The number of para-hydroxylation sites is 2. The molecule has 2 N–H and O–H groups in total. The van der Waals surface area contributed by atoms with Gasteiger partial charge in [-0.2, -0.15) is 4.98 Å². The smallest absolute Gasteiger partial charge is 0.225 e. The number of rotatable bonds is 9. The van der Waals surface area contributed by atoms with Crippen molar-refractivity contribution in [3.05, 3.63) is 88.7 Å². The average molecular weight is 534 g/mol. The first kappa shape index (κ1) is 26.2. The highest BCUT2D eigenvalue weighted by molar-refractivity contribution is 6.31. The molecule has 0 saturated heterocycles. The van der Waals surface area contributed by atoms with Crippen molar-refractivity contribution in [3.63, 3.8) is 0 Å². The summed E-state index contributed by atoms with van der Waals surface area (Å²) in [5.41, 5.74) is 2.36. The van der Waals surface area contributed by atoms with E-state index in [1.54, 1.807) is 12.1 Å². The molecule has 0 amide bonds. The number of aromatic nitrogens is 2. The molecule has 8 heteroatoms. The molecule has 1 aliphatic rings. The number of hydrogen-bond acceptors (Lipinski definition) is 6. The standard InChI is InChI=1S/C30H33ClFN5O/c1-37(2)29-23-9-4-5-12-27(23)35-30(36-29)34-22-16-14-21(15-17-22)33-18-20-8-3-6-13-28(20)38-19-24-25(31)10-7-11-26(24)32/h3-13,21-22,33H,14-19H2,1-2H3,(H,34,35,36). The molecule has 1 heterocycles.